The molecule has 5 rings (SSSR count). The third kappa shape index (κ3) is 3.22. The number of aliphatic hydroxyl groups is 3. The summed E-state index contributed by atoms with van der Waals surface area (Å²) in [6, 6.07) is 6.42. The molecule has 32 heavy (non-hydrogen) atoms. The van der Waals surface area contributed by atoms with E-state index in [1.807, 2.05) is 0 Å². The van der Waals surface area contributed by atoms with E-state index in [2.05, 4.69) is 0 Å². The Bertz CT molecular complexity index is 1030. The van der Waals surface area contributed by atoms with E-state index in [0.29, 0.717) is 5.56 Å². The van der Waals surface area contributed by atoms with Crippen molar-refractivity contribution in [2.24, 2.45) is 0 Å². The summed E-state index contributed by atoms with van der Waals surface area (Å²) in [5.41, 5.74) is 0.553. The van der Waals surface area contributed by atoms with Gasteiger partial charge < -0.3 is 54.7 Å². The van der Waals surface area contributed by atoms with E-state index in [1.54, 1.807) is 0 Å². The summed E-state index contributed by atoms with van der Waals surface area (Å²) < 4.78 is 23.7. The molecular weight excluding hydrogens is 428 g/mol. The average Bonchev–Trinajstić information content (AvgIpc) is 2.76. The fraction of sp³-hybridized carbons (Fsp3) is 0.429. The number of phenols is 4. The molecule has 2 aromatic rings. The number of ether oxygens (including phenoxy) is 4. The fourth-order valence-electron chi connectivity index (χ4n) is 4.41. The molecule has 0 amide bonds. The van der Waals surface area contributed by atoms with Crippen molar-refractivity contribution in [2.45, 2.75) is 49.0 Å². The second-order valence-corrected chi connectivity index (χ2v) is 7.99. The first-order chi connectivity index (χ1) is 15.3. The first-order valence-corrected chi connectivity index (χ1v) is 9.96. The molecule has 0 aromatic heterocycles. The van der Waals surface area contributed by atoms with Crippen molar-refractivity contribution in [1.29, 1.82) is 0 Å². The molecule has 0 bridgehead atoms. The number of rotatable bonds is 2. The van der Waals surface area contributed by atoms with Crippen molar-refractivity contribution in [1.82, 2.24) is 0 Å². The van der Waals surface area contributed by atoms with Crippen molar-refractivity contribution in [3.8, 4) is 28.7 Å². The Kier molecular flexibility index (Phi) is 5.04. The Morgan fingerprint density at radius 3 is 2.25 bits per heavy atom. The number of hydrogen-bond donors (Lipinski definition) is 7. The third-order valence-electron chi connectivity index (χ3n) is 5.99. The lowest BCUT2D eigenvalue weighted by Gasteiger charge is -2.51. The molecule has 0 spiro atoms. The van der Waals surface area contributed by atoms with Gasteiger partial charge in [0.25, 0.3) is 0 Å². The van der Waals surface area contributed by atoms with Gasteiger partial charge in [-0.2, -0.15) is 0 Å². The Morgan fingerprint density at radius 1 is 0.750 bits per heavy atom. The Morgan fingerprint density at radius 2 is 1.53 bits per heavy atom. The predicted molar refractivity (Wildman–Crippen MR) is 103 cm³/mol. The van der Waals surface area contributed by atoms with E-state index in [0.717, 1.165) is 6.07 Å². The van der Waals surface area contributed by atoms with Crippen LogP contribution in [-0.4, -0.2) is 79.2 Å². The molecule has 0 saturated carbocycles. The molecule has 11 heteroatoms. The van der Waals surface area contributed by atoms with E-state index in [-0.39, 0.29) is 28.6 Å². The maximum atomic E-state index is 10.5. The highest BCUT2D eigenvalue weighted by atomic mass is 16.7. The van der Waals surface area contributed by atoms with E-state index in [9.17, 15) is 35.7 Å². The first-order valence-electron chi connectivity index (χ1n) is 9.96. The largest absolute Gasteiger partial charge is 0.508 e. The second-order valence-electron chi connectivity index (χ2n) is 7.99. The van der Waals surface area contributed by atoms with Crippen LogP contribution in [0.5, 0.6) is 28.7 Å². The van der Waals surface area contributed by atoms with Gasteiger partial charge >= 0.3 is 0 Å². The first kappa shape index (κ1) is 21.1. The monoisotopic (exact) mass is 450 g/mol. The third-order valence-corrected chi connectivity index (χ3v) is 5.99. The molecule has 0 aliphatic carbocycles. The van der Waals surface area contributed by atoms with Crippen LogP contribution in [0.4, 0.5) is 0 Å². The van der Waals surface area contributed by atoms with Crippen molar-refractivity contribution >= 4 is 0 Å². The normalized spacial score (nSPS) is 35.8. The Hall–Kier alpha value is -2.80. The average molecular weight is 450 g/mol. The van der Waals surface area contributed by atoms with Crippen LogP contribution in [0, 0.1) is 0 Å². The van der Waals surface area contributed by atoms with Gasteiger partial charge in [-0.25, -0.2) is 0 Å². The highest BCUT2D eigenvalue weighted by Gasteiger charge is 2.56. The van der Waals surface area contributed by atoms with Crippen LogP contribution in [-0.2, 0) is 14.2 Å². The molecule has 5 unspecified atom stereocenters. The molecule has 2 saturated heterocycles. The molecule has 3 aliphatic rings. The zero-order valence-electron chi connectivity index (χ0n) is 16.5. The van der Waals surface area contributed by atoms with Crippen molar-refractivity contribution < 1.29 is 54.7 Å². The SMILES string of the molecule is OCC1OC2O[C@@H]3[C@@H](c4ccc(O)c(O)c4)Oc4cc(O)cc(O)c4[C@@H]3OC2C(O)C1O. The molecule has 2 aromatic carbocycles. The van der Waals surface area contributed by atoms with E-state index < -0.39 is 61.4 Å². The zero-order valence-corrected chi connectivity index (χ0v) is 16.5. The molecule has 11 nitrogen and oxygen atoms in total. The summed E-state index contributed by atoms with van der Waals surface area (Å²) in [6.45, 7) is -0.562. The van der Waals surface area contributed by atoms with Crippen molar-refractivity contribution in [3.05, 3.63) is 41.5 Å². The van der Waals surface area contributed by atoms with Crippen LogP contribution >= 0.6 is 0 Å². The van der Waals surface area contributed by atoms with Gasteiger partial charge in [0.15, 0.2) is 23.9 Å². The molecule has 3 aliphatic heterocycles. The van der Waals surface area contributed by atoms with Crippen LogP contribution in [0.1, 0.15) is 23.3 Å². The fourth-order valence-corrected chi connectivity index (χ4v) is 4.41. The molecule has 172 valence electrons. The summed E-state index contributed by atoms with van der Waals surface area (Å²) in [5, 5.41) is 70.2. The molecule has 7 N–H and O–H groups in total. The molecule has 3 heterocycles. The van der Waals surface area contributed by atoms with Gasteiger partial charge in [0.05, 0.1) is 12.2 Å². The summed E-state index contributed by atoms with van der Waals surface area (Å²) in [5.74, 6) is -1.23. The van der Waals surface area contributed by atoms with Crippen LogP contribution in [0.3, 0.4) is 0 Å². The number of fused-ring (bicyclic) bond motifs is 4. The lowest BCUT2D eigenvalue weighted by atomic mass is 9.88. The highest BCUT2D eigenvalue weighted by Crippen LogP contribution is 2.53. The lowest BCUT2D eigenvalue weighted by molar-refractivity contribution is -0.379. The Balaban J connectivity index is 1.59. The number of aliphatic hydroxyl groups excluding tert-OH is 3. The summed E-state index contributed by atoms with van der Waals surface area (Å²) >= 11 is 0. The van der Waals surface area contributed by atoms with Crippen LogP contribution in [0.15, 0.2) is 30.3 Å². The van der Waals surface area contributed by atoms with Gasteiger partial charge in [-0.15, -0.1) is 0 Å². The number of benzene rings is 2. The standard InChI is InChI=1S/C21H22O11/c22-6-13-15(27)16(28)19-21(30-13)32-20-17(7-1-2-9(24)10(25)3-7)29-12-5-8(23)4-11(26)14(12)18(20)31-19/h1-5,13,15-28H,6H2/t13?,15?,16?,17-,18+,19?,20-,21?/m1/s1. The van der Waals surface area contributed by atoms with Crippen molar-refractivity contribution in [3.63, 3.8) is 0 Å². The quantitative estimate of drug-likeness (QED) is 0.304. The minimum absolute atomic E-state index is 0.0864. The minimum Gasteiger partial charge on any atom is -0.508 e. The van der Waals surface area contributed by atoms with Gasteiger partial charge in [-0.05, 0) is 17.7 Å². The smallest absolute Gasteiger partial charge is 0.187 e. The molecule has 2 fully saturated rings. The lowest BCUT2D eigenvalue weighted by Crippen LogP contribution is -2.64. The summed E-state index contributed by atoms with van der Waals surface area (Å²) in [7, 11) is 0. The van der Waals surface area contributed by atoms with Gasteiger partial charge in [0.2, 0.25) is 0 Å². The van der Waals surface area contributed by atoms with Crippen LogP contribution in [0.2, 0.25) is 0 Å². The van der Waals surface area contributed by atoms with Crippen LogP contribution < -0.4 is 4.74 Å². The molecular formula is C21H22O11. The minimum atomic E-state index is -1.45. The van der Waals surface area contributed by atoms with Gasteiger partial charge in [0.1, 0.15) is 53.9 Å². The molecule has 0 radical (unpaired) electrons. The summed E-state index contributed by atoms with van der Waals surface area (Å²) in [4.78, 5) is 0. The molecule has 8 atom stereocenters. The number of aromatic hydroxyl groups is 4. The maximum Gasteiger partial charge on any atom is 0.187 e. The van der Waals surface area contributed by atoms with E-state index >= 15 is 0 Å². The van der Waals surface area contributed by atoms with Crippen molar-refractivity contribution in [2.75, 3.05) is 6.61 Å². The topological polar surface area (TPSA) is 179 Å². The zero-order chi connectivity index (χ0) is 22.7. The maximum absolute atomic E-state index is 10.5. The number of hydrogen-bond acceptors (Lipinski definition) is 11. The van der Waals surface area contributed by atoms with Gasteiger partial charge in [0, 0.05) is 12.1 Å². The Labute approximate surface area is 181 Å². The van der Waals surface area contributed by atoms with E-state index in [4.69, 9.17) is 18.9 Å². The van der Waals surface area contributed by atoms with Crippen LogP contribution in [0.25, 0.3) is 0 Å². The highest BCUT2D eigenvalue weighted by molar-refractivity contribution is 5.53. The second kappa shape index (κ2) is 7.66. The van der Waals surface area contributed by atoms with Gasteiger partial charge in [-0.3, -0.25) is 0 Å². The number of phenolic OH excluding ortho intramolecular Hbond substituents is 4. The van der Waals surface area contributed by atoms with Gasteiger partial charge in [-0.1, -0.05) is 6.07 Å². The summed E-state index contributed by atoms with van der Waals surface area (Å²) in [6.07, 6.45) is -9.24. The predicted octanol–water partition coefficient (Wildman–Crippen LogP) is -0.0932. The van der Waals surface area contributed by atoms with E-state index in [1.165, 1.54) is 24.3 Å².